The van der Waals surface area contributed by atoms with Crippen molar-refractivity contribution in [3.63, 3.8) is 0 Å². The second kappa shape index (κ2) is 3.80. The Labute approximate surface area is 111 Å². The number of benzene rings is 1. The minimum atomic E-state index is -0.298. The van der Waals surface area contributed by atoms with Gasteiger partial charge in [0.15, 0.2) is 5.82 Å². The second-order valence-electron chi connectivity index (χ2n) is 4.98. The molecular weight excluding hydrogens is 248 g/mol. The van der Waals surface area contributed by atoms with Crippen LogP contribution in [0, 0.1) is 13.8 Å². The SMILES string of the molecule is Cc1nc(C2(N)CC2)n(-c2ccc(Cl)cc2C)n1. The summed E-state index contributed by atoms with van der Waals surface area (Å²) in [6.07, 6.45) is 1.94. The third-order valence-corrected chi connectivity index (χ3v) is 3.57. The lowest BCUT2D eigenvalue weighted by Gasteiger charge is -2.12. The quantitative estimate of drug-likeness (QED) is 0.905. The highest BCUT2D eigenvalue weighted by Crippen LogP contribution is 2.42. The average molecular weight is 263 g/mol. The Hall–Kier alpha value is -1.39. The van der Waals surface area contributed by atoms with Gasteiger partial charge in [-0.15, -0.1) is 0 Å². The molecule has 1 aliphatic rings. The monoisotopic (exact) mass is 262 g/mol. The van der Waals surface area contributed by atoms with Crippen LogP contribution >= 0.6 is 11.6 Å². The van der Waals surface area contributed by atoms with Crippen LogP contribution in [-0.4, -0.2) is 14.8 Å². The summed E-state index contributed by atoms with van der Waals surface area (Å²) in [6, 6.07) is 5.75. The Balaban J connectivity index is 2.17. The third-order valence-electron chi connectivity index (χ3n) is 3.33. The van der Waals surface area contributed by atoms with Crippen molar-refractivity contribution >= 4 is 11.6 Å². The number of hydrogen-bond acceptors (Lipinski definition) is 3. The van der Waals surface area contributed by atoms with Gasteiger partial charge in [-0.2, -0.15) is 5.10 Å². The maximum Gasteiger partial charge on any atom is 0.152 e. The van der Waals surface area contributed by atoms with Gasteiger partial charge in [0, 0.05) is 5.02 Å². The van der Waals surface area contributed by atoms with Gasteiger partial charge in [0.2, 0.25) is 0 Å². The molecule has 1 aromatic heterocycles. The molecule has 0 saturated heterocycles. The van der Waals surface area contributed by atoms with Crippen molar-refractivity contribution in [1.29, 1.82) is 0 Å². The number of rotatable bonds is 2. The zero-order valence-corrected chi connectivity index (χ0v) is 11.2. The number of aromatic nitrogens is 3. The molecule has 1 aliphatic carbocycles. The van der Waals surface area contributed by atoms with E-state index < -0.39 is 0 Å². The van der Waals surface area contributed by atoms with Gasteiger partial charge in [0.05, 0.1) is 11.2 Å². The fraction of sp³-hybridized carbons (Fsp3) is 0.385. The van der Waals surface area contributed by atoms with E-state index in [1.54, 1.807) is 0 Å². The lowest BCUT2D eigenvalue weighted by Crippen LogP contribution is -2.24. The molecule has 0 spiro atoms. The summed E-state index contributed by atoms with van der Waals surface area (Å²) in [7, 11) is 0. The molecule has 0 amide bonds. The molecule has 2 aromatic rings. The molecule has 18 heavy (non-hydrogen) atoms. The van der Waals surface area contributed by atoms with E-state index in [1.807, 2.05) is 36.7 Å². The van der Waals surface area contributed by atoms with Crippen LogP contribution in [0.4, 0.5) is 0 Å². The average Bonchev–Trinajstić information content (AvgIpc) is 2.91. The van der Waals surface area contributed by atoms with Crippen LogP contribution in [0.5, 0.6) is 0 Å². The maximum absolute atomic E-state index is 6.25. The first-order valence-electron chi connectivity index (χ1n) is 5.99. The highest BCUT2D eigenvalue weighted by atomic mass is 35.5. The van der Waals surface area contributed by atoms with Crippen molar-refractivity contribution in [2.45, 2.75) is 32.2 Å². The van der Waals surface area contributed by atoms with Gasteiger partial charge in [-0.1, -0.05) is 11.6 Å². The Bertz CT molecular complexity index is 613. The van der Waals surface area contributed by atoms with E-state index in [4.69, 9.17) is 17.3 Å². The van der Waals surface area contributed by atoms with Crippen molar-refractivity contribution in [2.75, 3.05) is 0 Å². The molecule has 1 fully saturated rings. The fourth-order valence-electron chi connectivity index (χ4n) is 2.12. The molecule has 5 heteroatoms. The van der Waals surface area contributed by atoms with E-state index in [9.17, 15) is 0 Å². The zero-order chi connectivity index (χ0) is 12.9. The highest BCUT2D eigenvalue weighted by molar-refractivity contribution is 6.30. The molecule has 2 N–H and O–H groups in total. The van der Waals surface area contributed by atoms with Crippen molar-refractivity contribution in [1.82, 2.24) is 14.8 Å². The fourth-order valence-corrected chi connectivity index (χ4v) is 2.35. The number of halogens is 1. The standard InChI is InChI=1S/C13H15ClN4/c1-8-7-10(14)3-4-11(8)18-12(13(15)5-6-13)16-9(2)17-18/h3-4,7H,5-6,15H2,1-2H3. The predicted octanol–water partition coefficient (Wildman–Crippen LogP) is 2.49. The van der Waals surface area contributed by atoms with E-state index in [1.165, 1.54) is 0 Å². The minimum Gasteiger partial charge on any atom is -0.319 e. The Morgan fingerprint density at radius 1 is 1.33 bits per heavy atom. The molecule has 3 rings (SSSR count). The molecule has 1 saturated carbocycles. The summed E-state index contributed by atoms with van der Waals surface area (Å²) in [5, 5.41) is 5.19. The van der Waals surface area contributed by atoms with Crippen molar-refractivity contribution in [2.24, 2.45) is 5.73 Å². The van der Waals surface area contributed by atoms with Crippen LogP contribution in [0.15, 0.2) is 18.2 Å². The Morgan fingerprint density at radius 3 is 2.67 bits per heavy atom. The molecular formula is C13H15ClN4. The van der Waals surface area contributed by atoms with Gasteiger partial charge < -0.3 is 5.73 Å². The molecule has 0 bridgehead atoms. The molecule has 1 aromatic carbocycles. The summed E-state index contributed by atoms with van der Waals surface area (Å²) in [4.78, 5) is 4.48. The first-order valence-corrected chi connectivity index (χ1v) is 6.37. The van der Waals surface area contributed by atoms with Gasteiger partial charge in [0.1, 0.15) is 5.82 Å². The Kier molecular flexibility index (Phi) is 2.47. The van der Waals surface area contributed by atoms with Crippen LogP contribution in [0.25, 0.3) is 5.69 Å². The van der Waals surface area contributed by atoms with Crippen LogP contribution in [0.1, 0.15) is 30.1 Å². The van der Waals surface area contributed by atoms with Crippen LogP contribution in [0.3, 0.4) is 0 Å². The molecule has 0 radical (unpaired) electrons. The minimum absolute atomic E-state index is 0.298. The summed E-state index contributed by atoms with van der Waals surface area (Å²) in [5.74, 6) is 1.60. The molecule has 1 heterocycles. The predicted molar refractivity (Wildman–Crippen MR) is 70.9 cm³/mol. The highest BCUT2D eigenvalue weighted by Gasteiger charge is 2.45. The van der Waals surface area contributed by atoms with Gasteiger partial charge in [-0.3, -0.25) is 0 Å². The normalized spacial score (nSPS) is 16.9. The van der Waals surface area contributed by atoms with Gasteiger partial charge in [-0.05, 0) is 50.5 Å². The number of hydrogen-bond donors (Lipinski definition) is 1. The van der Waals surface area contributed by atoms with Gasteiger partial charge in [-0.25, -0.2) is 9.67 Å². The summed E-state index contributed by atoms with van der Waals surface area (Å²) in [5.41, 5.74) is 8.01. The van der Waals surface area contributed by atoms with E-state index in [0.717, 1.165) is 40.8 Å². The maximum atomic E-state index is 6.25. The third kappa shape index (κ3) is 1.82. The first-order chi connectivity index (χ1) is 8.49. The lowest BCUT2D eigenvalue weighted by atomic mass is 10.2. The van der Waals surface area contributed by atoms with Crippen molar-refractivity contribution < 1.29 is 0 Å². The van der Waals surface area contributed by atoms with Gasteiger partial charge >= 0.3 is 0 Å². The molecule has 0 unspecified atom stereocenters. The van der Waals surface area contributed by atoms with Crippen LogP contribution in [-0.2, 0) is 5.54 Å². The summed E-state index contributed by atoms with van der Waals surface area (Å²) >= 11 is 5.98. The molecule has 0 atom stereocenters. The zero-order valence-electron chi connectivity index (χ0n) is 10.4. The summed E-state index contributed by atoms with van der Waals surface area (Å²) in [6.45, 7) is 3.90. The van der Waals surface area contributed by atoms with E-state index in [0.29, 0.717) is 0 Å². The van der Waals surface area contributed by atoms with Crippen molar-refractivity contribution in [3.05, 3.63) is 40.4 Å². The number of nitrogens with zero attached hydrogens (tertiary/aromatic N) is 3. The van der Waals surface area contributed by atoms with E-state index >= 15 is 0 Å². The molecule has 0 aliphatic heterocycles. The number of nitrogens with two attached hydrogens (primary N) is 1. The van der Waals surface area contributed by atoms with E-state index in [2.05, 4.69) is 10.1 Å². The molecule has 4 nitrogen and oxygen atoms in total. The van der Waals surface area contributed by atoms with Crippen LogP contribution in [0.2, 0.25) is 5.02 Å². The smallest absolute Gasteiger partial charge is 0.152 e. The first kappa shape index (κ1) is 11.7. The summed E-state index contributed by atoms with van der Waals surface area (Å²) < 4.78 is 1.86. The van der Waals surface area contributed by atoms with E-state index in [-0.39, 0.29) is 5.54 Å². The lowest BCUT2D eigenvalue weighted by molar-refractivity contribution is 0.634. The second-order valence-corrected chi connectivity index (χ2v) is 5.42. The van der Waals surface area contributed by atoms with Gasteiger partial charge in [0.25, 0.3) is 0 Å². The van der Waals surface area contributed by atoms with Crippen LogP contribution < -0.4 is 5.73 Å². The topological polar surface area (TPSA) is 56.7 Å². The molecule has 94 valence electrons. The largest absolute Gasteiger partial charge is 0.319 e. The van der Waals surface area contributed by atoms with Crippen molar-refractivity contribution in [3.8, 4) is 5.69 Å². The number of aryl methyl sites for hydroxylation is 2. The Morgan fingerprint density at radius 2 is 2.06 bits per heavy atom.